The van der Waals surface area contributed by atoms with Gasteiger partial charge in [0.05, 0.1) is 12.6 Å². The summed E-state index contributed by atoms with van der Waals surface area (Å²) >= 11 is 0. The molecule has 0 saturated heterocycles. The van der Waals surface area contributed by atoms with Gasteiger partial charge in [0.2, 0.25) is 0 Å². The van der Waals surface area contributed by atoms with Crippen LogP contribution in [-0.2, 0) is 0 Å². The summed E-state index contributed by atoms with van der Waals surface area (Å²) < 4.78 is 5.62. The van der Waals surface area contributed by atoms with Gasteiger partial charge in [0, 0.05) is 24.4 Å². The smallest absolute Gasteiger partial charge is 0.119 e. The van der Waals surface area contributed by atoms with Gasteiger partial charge in [-0.2, -0.15) is 0 Å². The Morgan fingerprint density at radius 2 is 1.89 bits per heavy atom. The van der Waals surface area contributed by atoms with Crippen molar-refractivity contribution >= 4 is 0 Å². The van der Waals surface area contributed by atoms with Crippen LogP contribution in [0.25, 0.3) is 0 Å². The Hall–Kier alpha value is -1.98. The standard InChI is InChI=1S/C13H16N4O/c14-17-13(11-8-15-10-16-9-11)6-7-18-12-4-2-1-3-5-12/h1-5,8-10,13,17H,6-7,14H2. The van der Waals surface area contributed by atoms with Gasteiger partial charge in [-0.25, -0.2) is 9.97 Å². The van der Waals surface area contributed by atoms with E-state index in [0.717, 1.165) is 17.7 Å². The number of nitrogens with zero attached hydrogens (tertiary/aromatic N) is 2. The van der Waals surface area contributed by atoms with Gasteiger partial charge in [0.25, 0.3) is 0 Å². The van der Waals surface area contributed by atoms with E-state index in [-0.39, 0.29) is 6.04 Å². The molecule has 1 aromatic carbocycles. The molecule has 1 unspecified atom stereocenters. The van der Waals surface area contributed by atoms with Crippen LogP contribution in [0.1, 0.15) is 18.0 Å². The summed E-state index contributed by atoms with van der Waals surface area (Å²) in [6, 6.07) is 9.69. The fourth-order valence-electron chi connectivity index (χ4n) is 1.65. The van der Waals surface area contributed by atoms with Crippen molar-refractivity contribution in [2.75, 3.05) is 6.61 Å². The van der Waals surface area contributed by atoms with E-state index < -0.39 is 0 Å². The maximum atomic E-state index is 5.62. The minimum atomic E-state index is -0.00471. The van der Waals surface area contributed by atoms with Gasteiger partial charge in [-0.1, -0.05) is 18.2 Å². The highest BCUT2D eigenvalue weighted by atomic mass is 16.5. The summed E-state index contributed by atoms with van der Waals surface area (Å²) in [6.45, 7) is 0.577. The molecule has 18 heavy (non-hydrogen) atoms. The number of rotatable bonds is 6. The third-order valence-electron chi connectivity index (χ3n) is 2.60. The van der Waals surface area contributed by atoms with Crippen LogP contribution in [0.3, 0.4) is 0 Å². The van der Waals surface area contributed by atoms with Crippen molar-refractivity contribution in [3.8, 4) is 5.75 Å². The largest absolute Gasteiger partial charge is 0.494 e. The van der Waals surface area contributed by atoms with E-state index in [1.165, 1.54) is 6.33 Å². The SMILES string of the molecule is NNC(CCOc1ccccc1)c1cncnc1. The van der Waals surface area contributed by atoms with E-state index in [4.69, 9.17) is 10.6 Å². The van der Waals surface area contributed by atoms with Crippen molar-refractivity contribution in [1.82, 2.24) is 15.4 Å². The number of benzene rings is 1. The normalized spacial score (nSPS) is 12.1. The van der Waals surface area contributed by atoms with Crippen LogP contribution in [0.15, 0.2) is 49.1 Å². The van der Waals surface area contributed by atoms with Crippen LogP contribution in [0.2, 0.25) is 0 Å². The summed E-state index contributed by atoms with van der Waals surface area (Å²) in [4.78, 5) is 7.94. The Bertz CT molecular complexity index is 449. The van der Waals surface area contributed by atoms with Crippen LogP contribution in [0.5, 0.6) is 5.75 Å². The first-order valence-corrected chi connectivity index (χ1v) is 5.79. The summed E-state index contributed by atoms with van der Waals surface area (Å²) in [5, 5.41) is 0. The highest BCUT2D eigenvalue weighted by Crippen LogP contribution is 2.15. The second-order valence-corrected chi connectivity index (χ2v) is 3.84. The van der Waals surface area contributed by atoms with Crippen molar-refractivity contribution in [2.24, 2.45) is 5.84 Å². The topological polar surface area (TPSA) is 73.1 Å². The van der Waals surface area contributed by atoms with Gasteiger partial charge in [-0.15, -0.1) is 0 Å². The fourth-order valence-corrected chi connectivity index (χ4v) is 1.65. The first kappa shape index (κ1) is 12.5. The van der Waals surface area contributed by atoms with E-state index in [2.05, 4.69) is 15.4 Å². The third-order valence-corrected chi connectivity index (χ3v) is 2.60. The zero-order valence-corrected chi connectivity index (χ0v) is 9.99. The molecule has 0 spiro atoms. The molecule has 0 saturated carbocycles. The van der Waals surface area contributed by atoms with Crippen molar-refractivity contribution in [2.45, 2.75) is 12.5 Å². The highest BCUT2D eigenvalue weighted by molar-refractivity contribution is 5.20. The Morgan fingerprint density at radius 1 is 1.17 bits per heavy atom. The predicted octanol–water partition coefficient (Wildman–Crippen LogP) is 1.45. The monoisotopic (exact) mass is 244 g/mol. The minimum Gasteiger partial charge on any atom is -0.494 e. The van der Waals surface area contributed by atoms with Crippen LogP contribution in [0, 0.1) is 0 Å². The predicted molar refractivity (Wildman–Crippen MR) is 68.7 cm³/mol. The number of hydrogen-bond acceptors (Lipinski definition) is 5. The zero-order chi connectivity index (χ0) is 12.6. The molecule has 0 aliphatic heterocycles. The molecule has 0 amide bonds. The number of hydrogen-bond donors (Lipinski definition) is 2. The number of aromatic nitrogens is 2. The second kappa shape index (κ2) is 6.68. The van der Waals surface area contributed by atoms with Gasteiger partial charge in [-0.05, 0) is 12.1 Å². The van der Waals surface area contributed by atoms with Crippen LogP contribution in [0.4, 0.5) is 0 Å². The summed E-state index contributed by atoms with van der Waals surface area (Å²) in [6.07, 6.45) is 5.75. The number of hydrazine groups is 1. The van der Waals surface area contributed by atoms with E-state index in [1.54, 1.807) is 12.4 Å². The summed E-state index contributed by atoms with van der Waals surface area (Å²) in [7, 11) is 0. The molecule has 94 valence electrons. The molecule has 5 nitrogen and oxygen atoms in total. The third kappa shape index (κ3) is 3.51. The number of nitrogens with one attached hydrogen (secondary N) is 1. The van der Waals surface area contributed by atoms with E-state index in [0.29, 0.717) is 6.61 Å². The first-order valence-electron chi connectivity index (χ1n) is 5.79. The Balaban J connectivity index is 1.85. The summed E-state index contributed by atoms with van der Waals surface area (Å²) in [5.74, 6) is 6.38. The van der Waals surface area contributed by atoms with Crippen molar-refractivity contribution in [1.29, 1.82) is 0 Å². The van der Waals surface area contributed by atoms with Crippen LogP contribution in [-0.4, -0.2) is 16.6 Å². The molecule has 0 radical (unpaired) electrons. The van der Waals surface area contributed by atoms with Gasteiger partial charge < -0.3 is 4.74 Å². The Morgan fingerprint density at radius 3 is 2.56 bits per heavy atom. The summed E-state index contributed by atoms with van der Waals surface area (Å²) in [5.41, 5.74) is 3.70. The lowest BCUT2D eigenvalue weighted by molar-refractivity contribution is 0.287. The average molecular weight is 244 g/mol. The van der Waals surface area contributed by atoms with Gasteiger partial charge in [0.1, 0.15) is 12.1 Å². The average Bonchev–Trinajstić information content (AvgIpc) is 2.46. The molecule has 3 N–H and O–H groups in total. The quantitative estimate of drug-likeness (QED) is 0.594. The lowest BCUT2D eigenvalue weighted by Gasteiger charge is -2.15. The van der Waals surface area contributed by atoms with Crippen molar-refractivity contribution in [3.63, 3.8) is 0 Å². The molecule has 1 heterocycles. The number of nitrogens with two attached hydrogens (primary N) is 1. The van der Waals surface area contributed by atoms with Crippen LogP contribution < -0.4 is 16.0 Å². The van der Waals surface area contributed by atoms with E-state index in [9.17, 15) is 0 Å². The van der Waals surface area contributed by atoms with Gasteiger partial charge >= 0.3 is 0 Å². The molecule has 0 bridgehead atoms. The minimum absolute atomic E-state index is 0.00471. The fraction of sp³-hybridized carbons (Fsp3) is 0.231. The molecule has 1 aromatic heterocycles. The van der Waals surface area contributed by atoms with E-state index >= 15 is 0 Å². The maximum Gasteiger partial charge on any atom is 0.119 e. The molecule has 0 aliphatic rings. The molecule has 2 rings (SSSR count). The number of ether oxygens (including phenoxy) is 1. The molecule has 2 aromatic rings. The maximum absolute atomic E-state index is 5.62. The highest BCUT2D eigenvalue weighted by Gasteiger charge is 2.09. The molecule has 0 fully saturated rings. The Labute approximate surface area is 106 Å². The zero-order valence-electron chi connectivity index (χ0n) is 9.99. The first-order chi connectivity index (χ1) is 8.90. The van der Waals surface area contributed by atoms with Crippen LogP contribution >= 0.6 is 0 Å². The second-order valence-electron chi connectivity index (χ2n) is 3.84. The van der Waals surface area contributed by atoms with Crippen molar-refractivity contribution < 1.29 is 4.74 Å². The Kier molecular flexibility index (Phi) is 4.63. The molecular formula is C13H16N4O. The van der Waals surface area contributed by atoms with E-state index in [1.807, 2.05) is 30.3 Å². The molecule has 0 aliphatic carbocycles. The molecular weight excluding hydrogens is 228 g/mol. The lowest BCUT2D eigenvalue weighted by Crippen LogP contribution is -2.29. The molecule has 1 atom stereocenters. The molecule has 5 heteroatoms. The number of para-hydroxylation sites is 1. The van der Waals surface area contributed by atoms with Gasteiger partial charge in [-0.3, -0.25) is 11.3 Å². The van der Waals surface area contributed by atoms with Crippen molar-refractivity contribution in [3.05, 3.63) is 54.6 Å². The van der Waals surface area contributed by atoms with Gasteiger partial charge in [0.15, 0.2) is 0 Å². The lowest BCUT2D eigenvalue weighted by atomic mass is 10.1.